The Morgan fingerprint density at radius 2 is 2.42 bits per heavy atom. The van der Waals surface area contributed by atoms with Gasteiger partial charge in [0.15, 0.2) is 0 Å². The molecular weight excluding hydrogens is 267 g/mol. The molecule has 0 saturated heterocycles. The highest BCUT2D eigenvalue weighted by Gasteiger charge is 2.07. The molecule has 0 N–H and O–H groups in total. The van der Waals surface area contributed by atoms with Crippen molar-refractivity contribution in [3.8, 4) is 0 Å². The second-order valence-corrected chi connectivity index (χ2v) is 3.70. The Balaban J connectivity index is 2.66. The molecule has 0 aliphatic carbocycles. The third-order valence-electron chi connectivity index (χ3n) is 1.57. The molecule has 0 amide bonds. The van der Waals surface area contributed by atoms with Gasteiger partial charge < -0.3 is 4.74 Å². The molecule has 68 valence electrons. The largest absolute Gasteiger partial charge is 0.357 e. The van der Waals surface area contributed by atoms with E-state index >= 15 is 0 Å². The zero-order valence-electron chi connectivity index (χ0n) is 7.33. The van der Waals surface area contributed by atoms with Gasteiger partial charge in [-0.2, -0.15) is 5.10 Å². The van der Waals surface area contributed by atoms with Crippen LogP contribution in [0.2, 0.25) is 0 Å². The van der Waals surface area contributed by atoms with Crippen molar-refractivity contribution in [1.82, 2.24) is 9.78 Å². The van der Waals surface area contributed by atoms with Crippen LogP contribution in [0.3, 0.4) is 0 Å². The van der Waals surface area contributed by atoms with Crippen LogP contribution in [-0.4, -0.2) is 16.4 Å². The first-order valence-electron chi connectivity index (χ1n) is 4.09. The third-order valence-corrected chi connectivity index (χ3v) is 2.13. The van der Waals surface area contributed by atoms with Crippen LogP contribution < -0.4 is 0 Å². The lowest BCUT2D eigenvalue weighted by Crippen LogP contribution is -2.12. The van der Waals surface area contributed by atoms with Crippen molar-refractivity contribution < 1.29 is 4.74 Å². The fourth-order valence-corrected chi connectivity index (χ4v) is 1.46. The van der Waals surface area contributed by atoms with Crippen molar-refractivity contribution in [3.05, 3.63) is 16.0 Å². The number of hydrogen-bond donors (Lipinski definition) is 0. The predicted molar refractivity (Wildman–Crippen MR) is 55.9 cm³/mol. The Morgan fingerprint density at radius 3 is 2.83 bits per heavy atom. The summed E-state index contributed by atoms with van der Waals surface area (Å²) < 4.78 is 8.50. The topological polar surface area (TPSA) is 27.1 Å². The lowest BCUT2D eigenvalue weighted by atomic mass is 10.4. The zero-order valence-corrected chi connectivity index (χ0v) is 9.48. The minimum Gasteiger partial charge on any atom is -0.357 e. The Morgan fingerprint density at radius 1 is 1.67 bits per heavy atom. The van der Waals surface area contributed by atoms with Gasteiger partial charge in [0.2, 0.25) is 0 Å². The first-order valence-corrected chi connectivity index (χ1v) is 5.17. The standard InChI is InChI=1S/C8H13IN2O/c1-3-8(12-4-2)11-6-7(9)5-10-11/h5-6,8H,3-4H2,1-2H3. The molecule has 1 aromatic heterocycles. The van der Waals surface area contributed by atoms with E-state index in [0.717, 1.165) is 16.6 Å². The minimum atomic E-state index is 0.0958. The van der Waals surface area contributed by atoms with Gasteiger partial charge in [-0.3, -0.25) is 0 Å². The summed E-state index contributed by atoms with van der Waals surface area (Å²) in [6, 6.07) is 0. The molecule has 0 spiro atoms. The second kappa shape index (κ2) is 4.81. The molecule has 0 fully saturated rings. The Labute approximate surface area is 86.2 Å². The van der Waals surface area contributed by atoms with Crippen molar-refractivity contribution >= 4 is 22.6 Å². The zero-order chi connectivity index (χ0) is 8.97. The van der Waals surface area contributed by atoms with Crippen LogP contribution in [0.5, 0.6) is 0 Å². The van der Waals surface area contributed by atoms with Crippen LogP contribution in [-0.2, 0) is 4.74 Å². The number of aromatic nitrogens is 2. The van der Waals surface area contributed by atoms with Crippen molar-refractivity contribution in [3.63, 3.8) is 0 Å². The van der Waals surface area contributed by atoms with Crippen molar-refractivity contribution in [2.24, 2.45) is 0 Å². The van der Waals surface area contributed by atoms with Crippen LogP contribution in [0.25, 0.3) is 0 Å². The summed E-state index contributed by atoms with van der Waals surface area (Å²) >= 11 is 2.24. The average molecular weight is 280 g/mol. The van der Waals surface area contributed by atoms with Gasteiger partial charge in [-0.1, -0.05) is 6.92 Å². The van der Waals surface area contributed by atoms with E-state index < -0.39 is 0 Å². The van der Waals surface area contributed by atoms with Crippen LogP contribution in [0.15, 0.2) is 12.4 Å². The average Bonchev–Trinajstić information content (AvgIpc) is 2.47. The summed E-state index contributed by atoms with van der Waals surface area (Å²) in [4.78, 5) is 0. The van der Waals surface area contributed by atoms with Crippen LogP contribution in [0.4, 0.5) is 0 Å². The lowest BCUT2D eigenvalue weighted by molar-refractivity contribution is -0.00108. The van der Waals surface area contributed by atoms with Gasteiger partial charge in [0, 0.05) is 12.8 Å². The van der Waals surface area contributed by atoms with Crippen molar-refractivity contribution in [1.29, 1.82) is 0 Å². The van der Waals surface area contributed by atoms with E-state index in [-0.39, 0.29) is 6.23 Å². The van der Waals surface area contributed by atoms with Gasteiger partial charge in [-0.15, -0.1) is 0 Å². The van der Waals surface area contributed by atoms with Gasteiger partial charge in [0.1, 0.15) is 6.23 Å². The molecule has 1 heterocycles. The maximum atomic E-state index is 5.49. The molecule has 0 saturated carbocycles. The summed E-state index contributed by atoms with van der Waals surface area (Å²) in [5.41, 5.74) is 0. The van der Waals surface area contributed by atoms with Crippen molar-refractivity contribution in [2.45, 2.75) is 26.5 Å². The molecule has 3 nitrogen and oxygen atoms in total. The van der Waals surface area contributed by atoms with Gasteiger partial charge >= 0.3 is 0 Å². The highest BCUT2D eigenvalue weighted by Crippen LogP contribution is 2.13. The summed E-state index contributed by atoms with van der Waals surface area (Å²) in [7, 11) is 0. The smallest absolute Gasteiger partial charge is 0.149 e. The van der Waals surface area contributed by atoms with Gasteiger partial charge in [-0.25, -0.2) is 4.68 Å². The molecule has 0 aromatic carbocycles. The SMILES string of the molecule is CCOC(CC)n1cc(I)cn1. The number of nitrogens with zero attached hydrogens (tertiary/aromatic N) is 2. The number of hydrogen-bond acceptors (Lipinski definition) is 2. The summed E-state index contributed by atoms with van der Waals surface area (Å²) in [5, 5.41) is 4.19. The summed E-state index contributed by atoms with van der Waals surface area (Å²) in [6.45, 7) is 4.82. The maximum absolute atomic E-state index is 5.49. The Bertz CT molecular complexity index is 237. The Hall–Kier alpha value is -0.100. The maximum Gasteiger partial charge on any atom is 0.149 e. The first-order chi connectivity index (χ1) is 5.77. The monoisotopic (exact) mass is 280 g/mol. The molecule has 1 unspecified atom stereocenters. The second-order valence-electron chi connectivity index (χ2n) is 2.46. The number of halogens is 1. The van der Waals surface area contributed by atoms with E-state index in [1.54, 1.807) is 0 Å². The van der Waals surface area contributed by atoms with E-state index in [1.165, 1.54) is 0 Å². The number of rotatable bonds is 4. The molecule has 1 aromatic rings. The van der Waals surface area contributed by atoms with E-state index in [0.29, 0.717) is 0 Å². The predicted octanol–water partition coefficient (Wildman–Crippen LogP) is 2.43. The molecule has 1 rings (SSSR count). The quantitative estimate of drug-likeness (QED) is 0.792. The molecule has 12 heavy (non-hydrogen) atoms. The fourth-order valence-electron chi connectivity index (χ4n) is 1.05. The van der Waals surface area contributed by atoms with Gasteiger partial charge in [-0.05, 0) is 35.9 Å². The number of ether oxygens (including phenoxy) is 1. The molecular formula is C8H13IN2O. The Kier molecular flexibility index (Phi) is 4.00. The van der Waals surface area contributed by atoms with Gasteiger partial charge in [0.25, 0.3) is 0 Å². The highest BCUT2D eigenvalue weighted by atomic mass is 127. The normalized spacial score (nSPS) is 13.2. The highest BCUT2D eigenvalue weighted by molar-refractivity contribution is 14.1. The van der Waals surface area contributed by atoms with E-state index in [9.17, 15) is 0 Å². The molecule has 0 bridgehead atoms. The summed E-state index contributed by atoms with van der Waals surface area (Å²) in [6.07, 6.45) is 4.87. The lowest BCUT2D eigenvalue weighted by Gasteiger charge is -2.14. The molecule has 0 aliphatic heterocycles. The minimum absolute atomic E-state index is 0.0958. The van der Waals surface area contributed by atoms with E-state index in [1.807, 2.05) is 24.0 Å². The molecule has 4 heteroatoms. The van der Waals surface area contributed by atoms with Crippen LogP contribution >= 0.6 is 22.6 Å². The van der Waals surface area contributed by atoms with Crippen LogP contribution in [0, 0.1) is 3.57 Å². The molecule has 0 radical (unpaired) electrons. The third kappa shape index (κ3) is 2.45. The first kappa shape index (κ1) is 9.98. The molecule has 1 atom stereocenters. The summed E-state index contributed by atoms with van der Waals surface area (Å²) in [5.74, 6) is 0. The van der Waals surface area contributed by atoms with Crippen molar-refractivity contribution in [2.75, 3.05) is 6.61 Å². The van der Waals surface area contributed by atoms with Crippen LogP contribution in [0.1, 0.15) is 26.5 Å². The van der Waals surface area contributed by atoms with E-state index in [4.69, 9.17) is 4.74 Å². The van der Waals surface area contributed by atoms with E-state index in [2.05, 4.69) is 34.6 Å². The van der Waals surface area contributed by atoms with Gasteiger partial charge in [0.05, 0.1) is 9.77 Å². The molecule has 0 aliphatic rings. The fraction of sp³-hybridized carbons (Fsp3) is 0.625.